The van der Waals surface area contributed by atoms with E-state index in [1.165, 1.54) is 43.5 Å². The van der Waals surface area contributed by atoms with Gasteiger partial charge in [0.2, 0.25) is 0 Å². The molecule has 1 atom stereocenters. The third-order valence-electron chi connectivity index (χ3n) is 4.47. The van der Waals surface area contributed by atoms with E-state index >= 15 is 0 Å². The molecule has 3 rings (SSSR count). The van der Waals surface area contributed by atoms with Gasteiger partial charge in [-0.15, -0.1) is 0 Å². The number of rotatable bonds is 4. The van der Waals surface area contributed by atoms with Crippen molar-refractivity contribution in [3.05, 3.63) is 23.8 Å². The molecular weight excluding hydrogens is 282 g/mol. The van der Waals surface area contributed by atoms with Gasteiger partial charge in [0.25, 0.3) is 0 Å². The van der Waals surface area contributed by atoms with Gasteiger partial charge in [-0.05, 0) is 37.6 Å². The highest BCUT2D eigenvalue weighted by atomic mass is 32.2. The van der Waals surface area contributed by atoms with Gasteiger partial charge < -0.3 is 9.62 Å². The average molecular weight is 309 g/mol. The summed E-state index contributed by atoms with van der Waals surface area (Å²) >= 11 is 1.75. The van der Waals surface area contributed by atoms with Crippen LogP contribution in [0.25, 0.3) is 0 Å². The van der Waals surface area contributed by atoms with E-state index in [4.69, 9.17) is 4.84 Å². The lowest BCUT2D eigenvalue weighted by Crippen LogP contribution is -2.45. The van der Waals surface area contributed by atoms with Crippen LogP contribution in [-0.2, 0) is 4.84 Å². The Morgan fingerprint density at radius 1 is 1.29 bits per heavy atom. The number of hydrogen-bond acceptors (Lipinski definition) is 5. The van der Waals surface area contributed by atoms with Crippen molar-refractivity contribution in [2.75, 3.05) is 5.75 Å². The fourth-order valence-corrected chi connectivity index (χ4v) is 4.08. The topological polar surface area (TPSA) is 27.7 Å². The van der Waals surface area contributed by atoms with Crippen LogP contribution in [0.1, 0.15) is 52.9 Å². The molecule has 0 spiro atoms. The molecule has 1 unspecified atom stereocenters. The van der Waals surface area contributed by atoms with Crippen LogP contribution in [0.2, 0.25) is 0 Å². The van der Waals surface area contributed by atoms with Crippen LogP contribution in [0, 0.1) is 5.92 Å². The normalized spacial score (nSPS) is 27.1. The van der Waals surface area contributed by atoms with Gasteiger partial charge in [0.05, 0.1) is 17.6 Å². The Morgan fingerprint density at radius 3 is 2.67 bits per heavy atom. The number of nitrogens with one attached hydrogen (secondary N) is 1. The highest BCUT2D eigenvalue weighted by molar-refractivity contribution is 7.97. The number of allylic oxidation sites excluding steroid dienone is 1. The molecule has 2 aliphatic heterocycles. The zero-order chi connectivity index (χ0) is 14.8. The van der Waals surface area contributed by atoms with Crippen molar-refractivity contribution >= 4 is 11.9 Å². The molecule has 0 aromatic heterocycles. The number of hydroxylamine groups is 2. The molecule has 1 fully saturated rings. The van der Waals surface area contributed by atoms with E-state index in [9.17, 15) is 0 Å². The van der Waals surface area contributed by atoms with Crippen molar-refractivity contribution in [1.29, 1.82) is 0 Å². The zero-order valence-corrected chi connectivity index (χ0v) is 14.2. The summed E-state index contributed by atoms with van der Waals surface area (Å²) in [6.07, 6.45) is 11.4. The maximum atomic E-state index is 6.40. The lowest BCUT2D eigenvalue weighted by molar-refractivity contribution is -0.220. The van der Waals surface area contributed by atoms with E-state index in [1.807, 2.05) is 0 Å². The van der Waals surface area contributed by atoms with Crippen molar-refractivity contribution in [3.63, 3.8) is 0 Å². The Hall–Kier alpha value is -0.810. The van der Waals surface area contributed by atoms with Gasteiger partial charge in [0.1, 0.15) is 6.17 Å². The minimum atomic E-state index is 0.277. The summed E-state index contributed by atoms with van der Waals surface area (Å²) in [6, 6.07) is 0. The molecule has 0 amide bonds. The van der Waals surface area contributed by atoms with Crippen LogP contribution in [0.3, 0.4) is 0 Å². The van der Waals surface area contributed by atoms with Gasteiger partial charge in [-0.2, -0.15) is 0 Å². The van der Waals surface area contributed by atoms with Crippen LogP contribution in [0.15, 0.2) is 23.8 Å². The van der Waals surface area contributed by atoms with Crippen molar-refractivity contribution in [3.8, 4) is 0 Å². The van der Waals surface area contributed by atoms with Crippen LogP contribution in [0.4, 0.5) is 0 Å². The van der Waals surface area contributed by atoms with Crippen molar-refractivity contribution in [2.45, 2.75) is 65.1 Å². The smallest absolute Gasteiger partial charge is 0.133 e. The molecule has 1 saturated carbocycles. The molecule has 118 valence electrons. The molecule has 3 aliphatic rings. The SMILES string of the molecule is CC1=CN(C2=CNSC2)C(C(C)C)N1OC1CCCCC1. The second-order valence-corrected chi connectivity index (χ2v) is 7.38. The molecule has 0 aromatic rings. The molecule has 2 heterocycles. The first-order valence-corrected chi connectivity index (χ1v) is 9.14. The van der Waals surface area contributed by atoms with E-state index in [-0.39, 0.29) is 6.17 Å². The lowest BCUT2D eigenvalue weighted by atomic mass is 9.98. The average Bonchev–Trinajstić information content (AvgIpc) is 3.09. The molecule has 0 saturated heterocycles. The first kappa shape index (κ1) is 15.1. The van der Waals surface area contributed by atoms with Gasteiger partial charge >= 0.3 is 0 Å². The van der Waals surface area contributed by atoms with Crippen LogP contribution in [0.5, 0.6) is 0 Å². The first-order valence-electron chi connectivity index (χ1n) is 8.16. The van der Waals surface area contributed by atoms with Crippen LogP contribution < -0.4 is 4.72 Å². The third-order valence-corrected chi connectivity index (χ3v) is 5.20. The summed E-state index contributed by atoms with van der Waals surface area (Å²) in [5, 5.41) is 2.17. The highest BCUT2D eigenvalue weighted by Crippen LogP contribution is 2.35. The maximum Gasteiger partial charge on any atom is 0.133 e. The zero-order valence-electron chi connectivity index (χ0n) is 13.3. The molecule has 0 bridgehead atoms. The summed E-state index contributed by atoms with van der Waals surface area (Å²) in [5.74, 6) is 1.53. The van der Waals surface area contributed by atoms with Gasteiger partial charge in [0, 0.05) is 18.1 Å². The Kier molecular flexibility index (Phi) is 4.69. The standard InChI is InChI=1S/C16H27N3OS/c1-12(2)16-18(14-9-17-21-11-14)10-13(3)19(16)20-15-7-5-4-6-8-15/h9-10,12,15-17H,4-8,11H2,1-3H3. The van der Waals surface area contributed by atoms with Gasteiger partial charge in [-0.25, -0.2) is 5.06 Å². The summed E-state index contributed by atoms with van der Waals surface area (Å²) in [5.41, 5.74) is 2.56. The van der Waals surface area contributed by atoms with Crippen molar-refractivity contribution < 1.29 is 4.84 Å². The van der Waals surface area contributed by atoms with Crippen molar-refractivity contribution in [1.82, 2.24) is 14.7 Å². The first-order chi connectivity index (χ1) is 10.2. The van der Waals surface area contributed by atoms with Gasteiger partial charge in [-0.1, -0.05) is 33.1 Å². The third kappa shape index (κ3) is 3.19. The fourth-order valence-electron chi connectivity index (χ4n) is 3.39. The second-order valence-electron chi connectivity index (χ2n) is 6.57. The molecule has 1 aliphatic carbocycles. The van der Waals surface area contributed by atoms with E-state index in [1.54, 1.807) is 11.9 Å². The van der Waals surface area contributed by atoms with Crippen molar-refractivity contribution in [2.24, 2.45) is 5.92 Å². The molecule has 0 aromatic carbocycles. The molecular formula is C16H27N3OS. The number of nitrogens with zero attached hydrogens (tertiary/aromatic N) is 2. The van der Waals surface area contributed by atoms with Crippen LogP contribution in [-0.4, -0.2) is 28.0 Å². The molecule has 4 nitrogen and oxygen atoms in total. The Balaban J connectivity index is 1.74. The minimum Gasteiger partial charge on any atom is -0.334 e. The van der Waals surface area contributed by atoms with E-state index in [0.717, 1.165) is 5.75 Å². The summed E-state index contributed by atoms with van der Waals surface area (Å²) in [4.78, 5) is 8.78. The van der Waals surface area contributed by atoms with Gasteiger partial charge in [-0.3, -0.25) is 4.84 Å². The largest absolute Gasteiger partial charge is 0.334 e. The predicted molar refractivity (Wildman–Crippen MR) is 87.7 cm³/mol. The fraction of sp³-hybridized carbons (Fsp3) is 0.750. The summed E-state index contributed by atoms with van der Waals surface area (Å²) < 4.78 is 3.24. The maximum absolute atomic E-state index is 6.40. The summed E-state index contributed by atoms with van der Waals surface area (Å²) in [7, 11) is 0. The van der Waals surface area contributed by atoms with E-state index in [0.29, 0.717) is 12.0 Å². The second kappa shape index (κ2) is 6.53. The predicted octanol–water partition coefficient (Wildman–Crippen LogP) is 3.80. The highest BCUT2D eigenvalue weighted by Gasteiger charge is 2.37. The Labute approximate surface area is 132 Å². The Morgan fingerprint density at radius 2 is 2.05 bits per heavy atom. The number of hydrogen-bond donors (Lipinski definition) is 1. The molecule has 21 heavy (non-hydrogen) atoms. The van der Waals surface area contributed by atoms with E-state index < -0.39 is 0 Å². The van der Waals surface area contributed by atoms with Crippen LogP contribution >= 0.6 is 11.9 Å². The lowest BCUT2D eigenvalue weighted by Gasteiger charge is -2.38. The molecule has 1 N–H and O–H groups in total. The summed E-state index contributed by atoms with van der Waals surface area (Å²) in [6.45, 7) is 6.71. The monoisotopic (exact) mass is 309 g/mol. The van der Waals surface area contributed by atoms with E-state index in [2.05, 4.69) is 47.9 Å². The minimum absolute atomic E-state index is 0.277. The molecule has 0 radical (unpaired) electrons. The molecule has 5 heteroatoms. The Bertz CT molecular complexity index is 429. The van der Waals surface area contributed by atoms with Gasteiger partial charge in [0.15, 0.2) is 0 Å². The quantitative estimate of drug-likeness (QED) is 0.797.